The van der Waals surface area contributed by atoms with E-state index in [1.807, 2.05) is 27.8 Å². The Labute approximate surface area is 96.0 Å². The lowest BCUT2D eigenvalue weighted by Gasteiger charge is -2.17. The molecular formula is C11H20N4O. The summed E-state index contributed by atoms with van der Waals surface area (Å²) in [4.78, 5) is 11.8. The van der Waals surface area contributed by atoms with Gasteiger partial charge in [-0.05, 0) is 12.8 Å². The van der Waals surface area contributed by atoms with Gasteiger partial charge in [0, 0.05) is 13.2 Å². The smallest absolute Gasteiger partial charge is 0.241 e. The summed E-state index contributed by atoms with van der Waals surface area (Å²) in [5.74, 6) is 0.0300. The molecule has 1 aromatic heterocycles. The van der Waals surface area contributed by atoms with Crippen LogP contribution < -0.4 is 11.1 Å². The van der Waals surface area contributed by atoms with E-state index in [0.29, 0.717) is 0 Å². The van der Waals surface area contributed by atoms with Crippen molar-refractivity contribution >= 4 is 11.6 Å². The molecule has 0 saturated heterocycles. The zero-order valence-electron chi connectivity index (χ0n) is 10.3. The first-order valence-corrected chi connectivity index (χ1v) is 5.52. The Kier molecular flexibility index (Phi) is 4.06. The number of anilines is 1. The first-order valence-electron chi connectivity index (χ1n) is 5.52. The lowest BCUT2D eigenvalue weighted by Crippen LogP contribution is -2.40. The number of nitrogens with one attached hydrogen (secondary N) is 1. The van der Waals surface area contributed by atoms with Crippen LogP contribution >= 0.6 is 0 Å². The topological polar surface area (TPSA) is 72.9 Å². The van der Waals surface area contributed by atoms with Gasteiger partial charge in [-0.1, -0.05) is 20.3 Å². The van der Waals surface area contributed by atoms with E-state index in [1.165, 1.54) is 0 Å². The number of nitrogens with zero attached hydrogens (tertiary/aromatic N) is 2. The fourth-order valence-corrected chi connectivity index (χ4v) is 1.45. The van der Waals surface area contributed by atoms with Gasteiger partial charge in [0.05, 0.1) is 17.4 Å². The summed E-state index contributed by atoms with van der Waals surface area (Å²) >= 11 is 0. The van der Waals surface area contributed by atoms with Gasteiger partial charge in [-0.25, -0.2) is 0 Å². The van der Waals surface area contributed by atoms with Crippen LogP contribution in [-0.4, -0.2) is 21.7 Å². The van der Waals surface area contributed by atoms with Gasteiger partial charge in [0.2, 0.25) is 5.91 Å². The van der Waals surface area contributed by atoms with Gasteiger partial charge in [0.25, 0.3) is 0 Å². The van der Waals surface area contributed by atoms with Gasteiger partial charge in [0.1, 0.15) is 0 Å². The molecule has 0 saturated carbocycles. The molecule has 0 aromatic carbocycles. The molecule has 1 unspecified atom stereocenters. The van der Waals surface area contributed by atoms with E-state index in [2.05, 4.69) is 10.4 Å². The van der Waals surface area contributed by atoms with Crippen molar-refractivity contribution in [2.24, 2.45) is 18.7 Å². The summed E-state index contributed by atoms with van der Waals surface area (Å²) in [5.41, 5.74) is 7.36. The predicted molar refractivity (Wildman–Crippen MR) is 64.0 cm³/mol. The van der Waals surface area contributed by atoms with Crippen molar-refractivity contribution in [2.45, 2.75) is 33.2 Å². The first kappa shape index (κ1) is 12.7. The Balaban J connectivity index is 2.67. The summed E-state index contributed by atoms with van der Waals surface area (Å²) in [6, 6.07) is -0.468. The second kappa shape index (κ2) is 5.12. The van der Waals surface area contributed by atoms with E-state index in [4.69, 9.17) is 5.73 Å². The molecule has 1 aromatic rings. The maximum absolute atomic E-state index is 11.8. The predicted octanol–water partition coefficient (Wildman–Crippen LogP) is 1.04. The summed E-state index contributed by atoms with van der Waals surface area (Å²) < 4.78 is 1.67. The summed E-state index contributed by atoms with van der Waals surface area (Å²) in [6.07, 6.45) is 2.66. The molecule has 5 nitrogen and oxygen atoms in total. The monoisotopic (exact) mass is 224 g/mol. The molecule has 0 spiro atoms. The second-order valence-electron chi connectivity index (χ2n) is 4.20. The van der Waals surface area contributed by atoms with Gasteiger partial charge in [0.15, 0.2) is 0 Å². The lowest BCUT2D eigenvalue weighted by molar-refractivity contribution is -0.118. The molecule has 0 fully saturated rings. The molecule has 0 aliphatic rings. The van der Waals surface area contributed by atoms with E-state index in [0.717, 1.165) is 17.8 Å². The third kappa shape index (κ3) is 2.82. The van der Waals surface area contributed by atoms with Crippen LogP contribution in [0.2, 0.25) is 0 Å². The highest BCUT2D eigenvalue weighted by Crippen LogP contribution is 2.13. The molecule has 0 aliphatic carbocycles. The summed E-state index contributed by atoms with van der Waals surface area (Å²) in [5, 5.41) is 6.95. The van der Waals surface area contributed by atoms with Gasteiger partial charge < -0.3 is 11.1 Å². The SMILES string of the molecule is CCC(C)[C@H](N)C(=O)Nc1cn(C)nc1C. The average Bonchev–Trinajstić information content (AvgIpc) is 2.55. The van der Waals surface area contributed by atoms with Gasteiger partial charge in [-0.3, -0.25) is 9.48 Å². The zero-order chi connectivity index (χ0) is 12.3. The van der Waals surface area contributed by atoms with Crippen molar-refractivity contribution in [1.82, 2.24) is 9.78 Å². The molecule has 2 atom stereocenters. The Morgan fingerprint density at radius 1 is 1.69 bits per heavy atom. The highest BCUT2D eigenvalue weighted by Gasteiger charge is 2.20. The van der Waals surface area contributed by atoms with Crippen molar-refractivity contribution in [3.8, 4) is 0 Å². The quantitative estimate of drug-likeness (QED) is 0.802. The number of carbonyl (C=O) groups is 1. The van der Waals surface area contributed by atoms with Crippen molar-refractivity contribution in [1.29, 1.82) is 0 Å². The van der Waals surface area contributed by atoms with Crippen LogP contribution in [0.25, 0.3) is 0 Å². The van der Waals surface area contributed by atoms with Crippen molar-refractivity contribution in [3.05, 3.63) is 11.9 Å². The van der Waals surface area contributed by atoms with E-state index < -0.39 is 6.04 Å². The minimum Gasteiger partial charge on any atom is -0.322 e. The molecule has 1 amide bonds. The minimum absolute atomic E-state index is 0.148. The standard InChI is InChI=1S/C11H20N4O/c1-5-7(2)10(12)11(16)13-9-6-15(4)14-8(9)3/h6-7,10H,5,12H2,1-4H3,(H,13,16)/t7?,10-/m0/s1. The Morgan fingerprint density at radius 3 is 2.75 bits per heavy atom. The van der Waals surface area contributed by atoms with Gasteiger partial charge >= 0.3 is 0 Å². The van der Waals surface area contributed by atoms with Gasteiger partial charge in [-0.2, -0.15) is 5.10 Å². The van der Waals surface area contributed by atoms with Gasteiger partial charge in [-0.15, -0.1) is 0 Å². The minimum atomic E-state index is -0.468. The molecule has 0 aliphatic heterocycles. The van der Waals surface area contributed by atoms with E-state index in [1.54, 1.807) is 10.9 Å². The number of aromatic nitrogens is 2. The number of amides is 1. The lowest BCUT2D eigenvalue weighted by atomic mass is 9.99. The molecule has 1 rings (SSSR count). The number of hydrogen-bond donors (Lipinski definition) is 2. The number of hydrogen-bond acceptors (Lipinski definition) is 3. The Hall–Kier alpha value is -1.36. The number of aryl methyl sites for hydroxylation is 2. The normalized spacial score (nSPS) is 14.6. The van der Waals surface area contributed by atoms with Crippen LogP contribution in [0.4, 0.5) is 5.69 Å². The largest absolute Gasteiger partial charge is 0.322 e. The van der Waals surface area contributed by atoms with Crippen molar-refractivity contribution in [2.75, 3.05) is 5.32 Å². The van der Waals surface area contributed by atoms with E-state index in [9.17, 15) is 4.79 Å². The molecule has 16 heavy (non-hydrogen) atoms. The Bertz CT molecular complexity index is 372. The molecule has 90 valence electrons. The third-order valence-corrected chi connectivity index (χ3v) is 2.83. The van der Waals surface area contributed by atoms with Crippen LogP contribution in [0.15, 0.2) is 6.20 Å². The fourth-order valence-electron chi connectivity index (χ4n) is 1.45. The van der Waals surface area contributed by atoms with Crippen molar-refractivity contribution in [3.63, 3.8) is 0 Å². The molecule has 1 heterocycles. The molecule has 0 radical (unpaired) electrons. The molecule has 5 heteroatoms. The Morgan fingerprint density at radius 2 is 2.31 bits per heavy atom. The first-order chi connectivity index (χ1) is 7.45. The maximum atomic E-state index is 11.8. The summed E-state index contributed by atoms with van der Waals surface area (Å²) in [6.45, 7) is 5.85. The van der Waals surface area contributed by atoms with Crippen LogP contribution in [0.1, 0.15) is 26.0 Å². The number of carbonyl (C=O) groups excluding carboxylic acids is 1. The molecular weight excluding hydrogens is 204 g/mol. The fraction of sp³-hybridized carbons (Fsp3) is 0.636. The molecule has 3 N–H and O–H groups in total. The number of nitrogens with two attached hydrogens (primary N) is 1. The van der Waals surface area contributed by atoms with Crippen LogP contribution in [0.3, 0.4) is 0 Å². The van der Waals surface area contributed by atoms with Crippen LogP contribution in [0.5, 0.6) is 0 Å². The zero-order valence-corrected chi connectivity index (χ0v) is 10.3. The second-order valence-corrected chi connectivity index (χ2v) is 4.20. The summed E-state index contributed by atoms with van der Waals surface area (Å²) in [7, 11) is 1.82. The van der Waals surface area contributed by atoms with Crippen LogP contribution in [0, 0.1) is 12.8 Å². The van der Waals surface area contributed by atoms with E-state index in [-0.39, 0.29) is 11.8 Å². The van der Waals surface area contributed by atoms with Crippen LogP contribution in [-0.2, 0) is 11.8 Å². The maximum Gasteiger partial charge on any atom is 0.241 e. The van der Waals surface area contributed by atoms with Crippen molar-refractivity contribution < 1.29 is 4.79 Å². The third-order valence-electron chi connectivity index (χ3n) is 2.83. The van der Waals surface area contributed by atoms with E-state index >= 15 is 0 Å². The highest BCUT2D eigenvalue weighted by atomic mass is 16.2. The molecule has 0 bridgehead atoms. The number of rotatable bonds is 4. The highest BCUT2D eigenvalue weighted by molar-refractivity contribution is 5.95. The average molecular weight is 224 g/mol.